The van der Waals surface area contributed by atoms with Crippen LogP contribution >= 0.6 is 11.3 Å². The molecule has 0 saturated carbocycles. The highest BCUT2D eigenvalue weighted by Crippen LogP contribution is 2.20. The Labute approximate surface area is 142 Å². The molecule has 6 nitrogen and oxygen atoms in total. The lowest BCUT2D eigenvalue weighted by molar-refractivity contribution is -0.121. The van der Waals surface area contributed by atoms with E-state index in [1.54, 1.807) is 6.21 Å². The molecule has 0 aliphatic rings. The van der Waals surface area contributed by atoms with Gasteiger partial charge in [-0.25, -0.2) is 10.4 Å². The van der Waals surface area contributed by atoms with Gasteiger partial charge < -0.3 is 0 Å². The van der Waals surface area contributed by atoms with Crippen LogP contribution in [0.25, 0.3) is 10.2 Å². The maximum absolute atomic E-state index is 12.4. The lowest BCUT2D eigenvalue weighted by atomic mass is 10.2. The van der Waals surface area contributed by atoms with Gasteiger partial charge in [-0.05, 0) is 18.1 Å². The highest BCUT2D eigenvalue weighted by atomic mass is 32.1. The quantitative estimate of drug-likeness (QED) is 0.571. The molecule has 2 aromatic heterocycles. The summed E-state index contributed by atoms with van der Waals surface area (Å²) in [6, 6.07) is 11.3. The van der Waals surface area contributed by atoms with Gasteiger partial charge in [-0.3, -0.25) is 14.2 Å². The Hall–Kier alpha value is -2.80. The van der Waals surface area contributed by atoms with E-state index in [1.165, 1.54) is 22.2 Å². The van der Waals surface area contributed by atoms with Gasteiger partial charge in [0.1, 0.15) is 11.4 Å². The van der Waals surface area contributed by atoms with Gasteiger partial charge in [-0.15, -0.1) is 11.3 Å². The number of aromatic nitrogens is 2. The van der Waals surface area contributed by atoms with Crippen molar-refractivity contribution < 1.29 is 4.79 Å². The summed E-state index contributed by atoms with van der Waals surface area (Å²) >= 11 is 1.50. The van der Waals surface area contributed by atoms with Crippen molar-refractivity contribution in [3.05, 3.63) is 63.5 Å². The largest absolute Gasteiger partial charge is 0.289 e. The third kappa shape index (κ3) is 3.57. The molecule has 3 aromatic rings. The molecule has 1 N–H and O–H groups in total. The third-order valence-corrected chi connectivity index (χ3v) is 4.62. The summed E-state index contributed by atoms with van der Waals surface area (Å²) in [5.41, 5.74) is 3.09. The molecule has 0 aliphatic carbocycles. The number of nitrogens with zero attached hydrogens (tertiary/aromatic N) is 3. The first-order valence-electron chi connectivity index (χ1n) is 7.52. The summed E-state index contributed by atoms with van der Waals surface area (Å²) in [5, 5.41) is 4.44. The van der Waals surface area contributed by atoms with Crippen molar-refractivity contribution in [3.63, 3.8) is 0 Å². The molecule has 0 fully saturated rings. The van der Waals surface area contributed by atoms with Gasteiger partial charge in [0.25, 0.3) is 11.5 Å². The molecule has 24 heavy (non-hydrogen) atoms. The van der Waals surface area contributed by atoms with E-state index in [1.807, 2.05) is 43.3 Å². The molecule has 0 saturated heterocycles. The second-order valence-corrected chi connectivity index (χ2v) is 6.28. The maximum Gasteiger partial charge on any atom is 0.262 e. The predicted molar refractivity (Wildman–Crippen MR) is 95.4 cm³/mol. The van der Waals surface area contributed by atoms with Gasteiger partial charge in [0, 0.05) is 4.88 Å². The Bertz CT molecular complexity index is 944. The van der Waals surface area contributed by atoms with E-state index in [2.05, 4.69) is 15.5 Å². The van der Waals surface area contributed by atoms with E-state index in [9.17, 15) is 9.59 Å². The normalized spacial score (nSPS) is 11.2. The number of thiophene rings is 1. The average molecular weight is 340 g/mol. The molecule has 0 spiro atoms. The lowest BCUT2D eigenvalue weighted by Crippen LogP contribution is -2.29. The van der Waals surface area contributed by atoms with Gasteiger partial charge in [-0.1, -0.05) is 37.3 Å². The summed E-state index contributed by atoms with van der Waals surface area (Å²) in [6.07, 6.45) is 3.81. The lowest BCUT2D eigenvalue weighted by Gasteiger charge is -2.03. The van der Waals surface area contributed by atoms with Crippen molar-refractivity contribution in [2.45, 2.75) is 19.9 Å². The van der Waals surface area contributed by atoms with Gasteiger partial charge in [-0.2, -0.15) is 5.10 Å². The van der Waals surface area contributed by atoms with E-state index in [0.717, 1.165) is 16.9 Å². The number of amides is 1. The van der Waals surface area contributed by atoms with Crippen LogP contribution in [0.5, 0.6) is 0 Å². The number of hydrazone groups is 1. The highest BCUT2D eigenvalue weighted by Gasteiger charge is 2.10. The zero-order valence-electron chi connectivity index (χ0n) is 13.1. The minimum atomic E-state index is -0.378. The molecule has 0 unspecified atom stereocenters. The van der Waals surface area contributed by atoms with Gasteiger partial charge >= 0.3 is 0 Å². The molecule has 1 aromatic carbocycles. The number of hydrogen-bond donors (Lipinski definition) is 1. The van der Waals surface area contributed by atoms with Gasteiger partial charge in [0.15, 0.2) is 0 Å². The van der Waals surface area contributed by atoms with Crippen molar-refractivity contribution >= 4 is 33.7 Å². The van der Waals surface area contributed by atoms with E-state index >= 15 is 0 Å². The van der Waals surface area contributed by atoms with Crippen molar-refractivity contribution in [1.82, 2.24) is 15.0 Å². The summed E-state index contributed by atoms with van der Waals surface area (Å²) < 4.78 is 1.29. The van der Waals surface area contributed by atoms with Gasteiger partial charge in [0.05, 0.1) is 17.9 Å². The molecule has 0 aliphatic heterocycles. The number of aryl methyl sites for hydroxylation is 1. The van der Waals surface area contributed by atoms with Crippen LogP contribution in [-0.2, 0) is 17.8 Å². The predicted octanol–water partition coefficient (Wildman–Crippen LogP) is 2.17. The molecule has 0 atom stereocenters. The van der Waals surface area contributed by atoms with Crippen molar-refractivity contribution in [1.29, 1.82) is 0 Å². The number of nitrogens with one attached hydrogen (secondary N) is 1. The number of rotatable bonds is 5. The molecule has 3 rings (SSSR count). The Morgan fingerprint density at radius 3 is 2.92 bits per heavy atom. The van der Waals surface area contributed by atoms with Crippen LogP contribution in [0.15, 0.2) is 52.6 Å². The Morgan fingerprint density at radius 2 is 2.17 bits per heavy atom. The Balaban J connectivity index is 1.70. The van der Waals surface area contributed by atoms with Crippen LogP contribution in [0.2, 0.25) is 0 Å². The Morgan fingerprint density at radius 1 is 1.38 bits per heavy atom. The zero-order valence-corrected chi connectivity index (χ0v) is 13.9. The number of hydrogen-bond acceptors (Lipinski definition) is 5. The zero-order chi connectivity index (χ0) is 16.9. The van der Waals surface area contributed by atoms with Crippen molar-refractivity contribution in [2.75, 3.05) is 0 Å². The van der Waals surface area contributed by atoms with Crippen LogP contribution in [0.4, 0.5) is 0 Å². The SMILES string of the molecule is CCc1cc2c(=O)n(CC(=O)N/N=C/c3ccccc3)cnc2s1. The molecular weight excluding hydrogens is 324 g/mol. The van der Waals surface area contributed by atoms with E-state index < -0.39 is 0 Å². The second-order valence-electron chi connectivity index (χ2n) is 5.17. The molecular formula is C17H16N4O2S. The van der Waals surface area contributed by atoms with Crippen LogP contribution < -0.4 is 11.0 Å². The molecule has 2 heterocycles. The summed E-state index contributed by atoms with van der Waals surface area (Å²) in [6.45, 7) is 1.91. The number of carbonyl (C=O) groups excluding carboxylic acids is 1. The summed E-state index contributed by atoms with van der Waals surface area (Å²) in [4.78, 5) is 30.4. The number of benzene rings is 1. The fourth-order valence-electron chi connectivity index (χ4n) is 2.20. The molecule has 0 bridgehead atoms. The third-order valence-electron chi connectivity index (χ3n) is 3.43. The molecule has 1 amide bonds. The fourth-order valence-corrected chi connectivity index (χ4v) is 3.13. The smallest absolute Gasteiger partial charge is 0.262 e. The van der Waals surface area contributed by atoms with Crippen LogP contribution in [0, 0.1) is 0 Å². The first-order chi connectivity index (χ1) is 11.7. The highest BCUT2D eigenvalue weighted by molar-refractivity contribution is 7.18. The number of fused-ring (bicyclic) bond motifs is 1. The average Bonchev–Trinajstić information content (AvgIpc) is 3.03. The minimum Gasteiger partial charge on any atom is -0.289 e. The molecule has 7 heteroatoms. The number of carbonyl (C=O) groups is 1. The Kier molecular flexibility index (Phi) is 4.81. The minimum absolute atomic E-state index is 0.120. The van der Waals surface area contributed by atoms with Gasteiger partial charge in [0.2, 0.25) is 0 Å². The van der Waals surface area contributed by atoms with Crippen molar-refractivity contribution in [2.24, 2.45) is 5.10 Å². The monoisotopic (exact) mass is 340 g/mol. The van der Waals surface area contributed by atoms with E-state index in [-0.39, 0.29) is 18.0 Å². The van der Waals surface area contributed by atoms with Crippen LogP contribution in [0.3, 0.4) is 0 Å². The second kappa shape index (κ2) is 7.18. The first-order valence-corrected chi connectivity index (χ1v) is 8.34. The summed E-state index contributed by atoms with van der Waals surface area (Å²) in [7, 11) is 0. The molecule has 0 radical (unpaired) electrons. The first kappa shape index (κ1) is 16.1. The fraction of sp³-hybridized carbons (Fsp3) is 0.176. The standard InChI is InChI=1S/C17H16N4O2S/c1-2-13-8-14-16(24-13)18-11-21(17(14)23)10-15(22)20-19-9-12-6-4-3-5-7-12/h3-9,11H,2,10H2,1H3,(H,20,22)/b19-9+. The van der Waals surface area contributed by atoms with Crippen LogP contribution in [-0.4, -0.2) is 21.7 Å². The summed E-state index contributed by atoms with van der Waals surface area (Å²) in [5.74, 6) is -0.378. The van der Waals surface area contributed by atoms with E-state index in [0.29, 0.717) is 10.2 Å². The molecule has 122 valence electrons. The van der Waals surface area contributed by atoms with E-state index in [4.69, 9.17) is 0 Å². The van der Waals surface area contributed by atoms with Crippen LogP contribution in [0.1, 0.15) is 17.4 Å². The maximum atomic E-state index is 12.4. The van der Waals surface area contributed by atoms with Crippen molar-refractivity contribution in [3.8, 4) is 0 Å². The topological polar surface area (TPSA) is 76.3 Å².